The molecule has 2 aromatic rings. The molecule has 1 aromatic heterocycles. The van der Waals surface area contributed by atoms with Gasteiger partial charge in [-0.1, -0.05) is 52.0 Å². The van der Waals surface area contributed by atoms with Gasteiger partial charge in [0.25, 0.3) is 0 Å². The Kier molecular flexibility index (Phi) is 4.07. The van der Waals surface area contributed by atoms with E-state index < -0.39 is 0 Å². The molecule has 0 radical (unpaired) electrons. The second-order valence-corrected chi connectivity index (χ2v) is 6.88. The molecule has 0 saturated carbocycles. The highest BCUT2D eigenvalue weighted by Gasteiger charge is 2.22. The first-order chi connectivity index (χ1) is 8.95. The van der Waals surface area contributed by atoms with Gasteiger partial charge in [0, 0.05) is 22.4 Å². The highest BCUT2D eigenvalue weighted by molar-refractivity contribution is 7.15. The van der Waals surface area contributed by atoms with Gasteiger partial charge in [0.15, 0.2) is 0 Å². The van der Waals surface area contributed by atoms with Crippen molar-refractivity contribution in [3.8, 4) is 10.6 Å². The van der Waals surface area contributed by atoms with Crippen molar-refractivity contribution < 1.29 is 0 Å². The van der Waals surface area contributed by atoms with E-state index in [4.69, 9.17) is 10.7 Å². The zero-order valence-electron chi connectivity index (χ0n) is 12.2. The summed E-state index contributed by atoms with van der Waals surface area (Å²) in [5.74, 6) is 0. The van der Waals surface area contributed by atoms with Crippen molar-refractivity contribution in [1.29, 1.82) is 0 Å². The van der Waals surface area contributed by atoms with E-state index in [1.807, 2.05) is 0 Å². The van der Waals surface area contributed by atoms with E-state index in [1.165, 1.54) is 16.0 Å². The van der Waals surface area contributed by atoms with Gasteiger partial charge in [0.05, 0.1) is 5.69 Å². The van der Waals surface area contributed by atoms with Gasteiger partial charge in [0.1, 0.15) is 5.01 Å². The van der Waals surface area contributed by atoms with E-state index in [2.05, 4.69) is 52.0 Å². The molecule has 0 unspecified atom stereocenters. The number of thiazole rings is 1. The van der Waals surface area contributed by atoms with Crippen LogP contribution in [-0.2, 0) is 18.4 Å². The Balaban J connectivity index is 2.42. The van der Waals surface area contributed by atoms with Crippen molar-refractivity contribution in [2.75, 3.05) is 0 Å². The van der Waals surface area contributed by atoms with Gasteiger partial charge in [-0.25, -0.2) is 4.98 Å². The molecule has 0 aliphatic carbocycles. The lowest BCUT2D eigenvalue weighted by atomic mass is 9.91. The van der Waals surface area contributed by atoms with Crippen LogP contribution in [0.15, 0.2) is 24.3 Å². The van der Waals surface area contributed by atoms with Gasteiger partial charge in [-0.3, -0.25) is 0 Å². The Hall–Kier alpha value is -1.19. The van der Waals surface area contributed by atoms with E-state index in [9.17, 15) is 0 Å². The molecule has 3 heteroatoms. The SMILES string of the molecule is CCc1ccc(-c2nc(C(C)(C)C)c(CN)s2)cc1. The number of rotatable bonds is 3. The molecule has 0 fully saturated rings. The summed E-state index contributed by atoms with van der Waals surface area (Å²) in [6, 6.07) is 8.67. The summed E-state index contributed by atoms with van der Waals surface area (Å²) < 4.78 is 0. The highest BCUT2D eigenvalue weighted by atomic mass is 32.1. The molecule has 0 aliphatic heterocycles. The molecule has 0 aliphatic rings. The summed E-state index contributed by atoms with van der Waals surface area (Å²) in [4.78, 5) is 6.01. The van der Waals surface area contributed by atoms with E-state index in [0.29, 0.717) is 6.54 Å². The standard InChI is InChI=1S/C16H22N2S/c1-5-11-6-8-12(9-7-11)15-18-14(16(2,3)4)13(10-17)19-15/h6-9H,5,10,17H2,1-4H3. The number of nitrogens with two attached hydrogens (primary N) is 1. The van der Waals surface area contributed by atoms with Gasteiger partial charge in [-0.15, -0.1) is 11.3 Å². The van der Waals surface area contributed by atoms with Crippen LogP contribution in [-0.4, -0.2) is 4.98 Å². The molecular formula is C16H22N2S. The largest absolute Gasteiger partial charge is 0.326 e. The number of aromatic nitrogens is 1. The van der Waals surface area contributed by atoms with Crippen LogP contribution in [0.1, 0.15) is 43.8 Å². The van der Waals surface area contributed by atoms with Crippen molar-refractivity contribution in [1.82, 2.24) is 4.98 Å². The Morgan fingerprint density at radius 1 is 1.16 bits per heavy atom. The Morgan fingerprint density at radius 3 is 2.21 bits per heavy atom. The summed E-state index contributed by atoms with van der Waals surface area (Å²) in [7, 11) is 0. The zero-order valence-corrected chi connectivity index (χ0v) is 13.0. The van der Waals surface area contributed by atoms with Crippen molar-refractivity contribution in [3.63, 3.8) is 0 Å². The van der Waals surface area contributed by atoms with Crippen molar-refractivity contribution in [3.05, 3.63) is 40.4 Å². The molecule has 0 amide bonds. The van der Waals surface area contributed by atoms with Gasteiger partial charge < -0.3 is 5.73 Å². The lowest BCUT2D eigenvalue weighted by molar-refractivity contribution is 0.567. The first-order valence-electron chi connectivity index (χ1n) is 6.75. The van der Waals surface area contributed by atoms with E-state index in [-0.39, 0.29) is 5.41 Å². The fourth-order valence-electron chi connectivity index (χ4n) is 2.08. The van der Waals surface area contributed by atoms with Gasteiger partial charge in [-0.2, -0.15) is 0 Å². The van der Waals surface area contributed by atoms with Gasteiger partial charge in [0.2, 0.25) is 0 Å². The topological polar surface area (TPSA) is 38.9 Å². The van der Waals surface area contributed by atoms with Crippen LogP contribution < -0.4 is 5.73 Å². The van der Waals surface area contributed by atoms with Crippen LogP contribution in [0.3, 0.4) is 0 Å². The molecule has 0 bridgehead atoms. The number of aryl methyl sites for hydroxylation is 1. The summed E-state index contributed by atoms with van der Waals surface area (Å²) in [6.45, 7) is 9.29. The van der Waals surface area contributed by atoms with Gasteiger partial charge in [-0.05, 0) is 12.0 Å². The van der Waals surface area contributed by atoms with E-state index in [0.717, 1.165) is 17.1 Å². The zero-order chi connectivity index (χ0) is 14.0. The first-order valence-corrected chi connectivity index (χ1v) is 7.57. The molecule has 2 nitrogen and oxygen atoms in total. The minimum absolute atomic E-state index is 0.0484. The second-order valence-electron chi connectivity index (χ2n) is 5.80. The number of benzene rings is 1. The maximum atomic E-state index is 5.85. The predicted octanol–water partition coefficient (Wildman–Crippen LogP) is 4.13. The Labute approximate surface area is 119 Å². The molecule has 0 atom stereocenters. The third kappa shape index (κ3) is 3.04. The third-order valence-corrected chi connectivity index (χ3v) is 4.33. The number of nitrogens with zero attached hydrogens (tertiary/aromatic N) is 1. The molecule has 2 rings (SSSR count). The van der Waals surface area contributed by atoms with Crippen LogP contribution in [0, 0.1) is 0 Å². The Morgan fingerprint density at radius 2 is 1.79 bits per heavy atom. The normalized spacial score (nSPS) is 11.8. The summed E-state index contributed by atoms with van der Waals surface area (Å²) in [6.07, 6.45) is 1.07. The lowest BCUT2D eigenvalue weighted by Crippen LogP contribution is -2.15. The minimum atomic E-state index is 0.0484. The molecule has 2 N–H and O–H groups in total. The fourth-order valence-corrected chi connectivity index (χ4v) is 3.24. The van der Waals surface area contributed by atoms with Crippen LogP contribution in [0.5, 0.6) is 0 Å². The van der Waals surface area contributed by atoms with Crippen molar-refractivity contribution in [2.45, 2.75) is 46.1 Å². The summed E-state index contributed by atoms with van der Waals surface area (Å²) >= 11 is 1.72. The first kappa shape index (κ1) is 14.2. The van der Waals surface area contributed by atoms with E-state index in [1.54, 1.807) is 11.3 Å². The minimum Gasteiger partial charge on any atom is -0.326 e. The predicted molar refractivity (Wildman–Crippen MR) is 83.5 cm³/mol. The van der Waals surface area contributed by atoms with Crippen LogP contribution >= 0.6 is 11.3 Å². The molecule has 0 saturated heterocycles. The average Bonchev–Trinajstić information content (AvgIpc) is 2.83. The highest BCUT2D eigenvalue weighted by Crippen LogP contribution is 2.34. The van der Waals surface area contributed by atoms with Crippen LogP contribution in [0.25, 0.3) is 10.6 Å². The maximum Gasteiger partial charge on any atom is 0.123 e. The smallest absolute Gasteiger partial charge is 0.123 e. The molecule has 0 spiro atoms. The van der Waals surface area contributed by atoms with Crippen molar-refractivity contribution >= 4 is 11.3 Å². The maximum absolute atomic E-state index is 5.85. The number of hydrogen-bond donors (Lipinski definition) is 1. The van der Waals surface area contributed by atoms with Crippen LogP contribution in [0.4, 0.5) is 0 Å². The Bertz CT molecular complexity index is 547. The summed E-state index contributed by atoms with van der Waals surface area (Å²) in [5.41, 5.74) is 9.58. The molecule has 102 valence electrons. The van der Waals surface area contributed by atoms with Crippen LogP contribution in [0.2, 0.25) is 0 Å². The molecule has 19 heavy (non-hydrogen) atoms. The molecular weight excluding hydrogens is 252 g/mol. The van der Waals surface area contributed by atoms with Gasteiger partial charge >= 0.3 is 0 Å². The second kappa shape index (κ2) is 5.43. The quantitative estimate of drug-likeness (QED) is 0.914. The number of hydrogen-bond acceptors (Lipinski definition) is 3. The van der Waals surface area contributed by atoms with E-state index >= 15 is 0 Å². The molecule has 1 aromatic carbocycles. The molecule has 1 heterocycles. The lowest BCUT2D eigenvalue weighted by Gasteiger charge is -2.16. The fraction of sp³-hybridized carbons (Fsp3) is 0.438. The summed E-state index contributed by atoms with van der Waals surface area (Å²) in [5, 5.41) is 1.08. The average molecular weight is 274 g/mol. The third-order valence-electron chi connectivity index (χ3n) is 3.20. The van der Waals surface area contributed by atoms with Crippen molar-refractivity contribution in [2.24, 2.45) is 5.73 Å². The monoisotopic (exact) mass is 274 g/mol.